The van der Waals surface area contributed by atoms with Crippen molar-refractivity contribution in [3.63, 3.8) is 0 Å². The molecule has 0 N–H and O–H groups in total. The van der Waals surface area contributed by atoms with Gasteiger partial charge in [-0.15, -0.1) is 0 Å². The van der Waals surface area contributed by atoms with E-state index in [-0.39, 0.29) is 11.7 Å². The van der Waals surface area contributed by atoms with E-state index in [9.17, 15) is 0 Å². The van der Waals surface area contributed by atoms with Gasteiger partial charge in [0.15, 0.2) is 0 Å². The molecule has 2 fully saturated rings. The fraction of sp³-hybridized carbons (Fsp3) is 1.00. The summed E-state index contributed by atoms with van der Waals surface area (Å²) in [5, 5.41) is 0. The van der Waals surface area contributed by atoms with E-state index in [1.165, 1.54) is 12.8 Å². The second kappa shape index (κ2) is 7.63. The van der Waals surface area contributed by atoms with Crippen molar-refractivity contribution in [3.8, 4) is 0 Å². The van der Waals surface area contributed by atoms with Crippen LogP contribution in [-0.2, 0) is 14.5 Å². The van der Waals surface area contributed by atoms with Crippen molar-refractivity contribution >= 4 is 0 Å². The minimum Gasteiger partial charge on any atom is -0.344 e. The van der Waals surface area contributed by atoms with Crippen LogP contribution < -0.4 is 0 Å². The fourth-order valence-corrected chi connectivity index (χ4v) is 4.01. The summed E-state index contributed by atoms with van der Waals surface area (Å²) in [4.78, 5) is 12.0. The van der Waals surface area contributed by atoms with E-state index in [0.717, 1.165) is 50.9 Å². The van der Waals surface area contributed by atoms with Crippen molar-refractivity contribution in [1.82, 2.24) is 0 Å². The molecule has 0 aromatic heterocycles. The summed E-state index contributed by atoms with van der Waals surface area (Å²) in [5.41, 5.74) is -0.259. The number of unbranched alkanes of at least 4 members (excludes halogenated alkanes) is 2. The lowest BCUT2D eigenvalue weighted by Crippen LogP contribution is -2.44. The van der Waals surface area contributed by atoms with Crippen molar-refractivity contribution in [2.45, 2.75) is 110 Å². The molecule has 1 heterocycles. The molecule has 0 radical (unpaired) electrons. The SMILES string of the molecule is CCCCC1(CCCC)OOC(C)(C)[C@@H]2CC[C@@H](C)C[C@H]2O1. The van der Waals surface area contributed by atoms with Crippen molar-refractivity contribution < 1.29 is 14.5 Å². The summed E-state index contributed by atoms with van der Waals surface area (Å²) in [5.74, 6) is 0.652. The molecule has 0 unspecified atom stereocenters. The van der Waals surface area contributed by atoms with Gasteiger partial charge in [0.25, 0.3) is 0 Å². The number of hydrogen-bond acceptors (Lipinski definition) is 3. The first-order valence-corrected chi connectivity index (χ1v) is 9.47. The Morgan fingerprint density at radius 2 is 1.59 bits per heavy atom. The van der Waals surface area contributed by atoms with Gasteiger partial charge in [-0.1, -0.05) is 40.0 Å². The van der Waals surface area contributed by atoms with E-state index in [2.05, 4.69) is 34.6 Å². The standard InChI is InChI=1S/C19H36O3/c1-6-8-12-19(13-9-7-2)20-17-14-15(3)10-11-16(17)18(4,5)21-22-19/h15-17H,6-14H2,1-5H3/t15-,16-,17-/m1/s1. The average molecular weight is 312 g/mol. The highest BCUT2D eigenvalue weighted by Crippen LogP contribution is 2.46. The molecule has 0 aromatic rings. The second-order valence-electron chi connectivity index (χ2n) is 8.07. The van der Waals surface area contributed by atoms with Gasteiger partial charge in [-0.05, 0) is 45.4 Å². The molecule has 1 saturated heterocycles. The zero-order chi connectivity index (χ0) is 16.2. The van der Waals surface area contributed by atoms with Crippen LogP contribution in [0.1, 0.15) is 92.4 Å². The molecule has 0 aromatic carbocycles. The zero-order valence-corrected chi connectivity index (χ0v) is 15.3. The highest BCUT2D eigenvalue weighted by Gasteiger charge is 2.49. The average Bonchev–Trinajstić information content (AvgIpc) is 2.58. The second-order valence-corrected chi connectivity index (χ2v) is 8.07. The number of hydrogen-bond donors (Lipinski definition) is 0. The van der Waals surface area contributed by atoms with E-state index in [1.807, 2.05) is 0 Å². The Balaban J connectivity index is 2.19. The Labute approximate surface area is 137 Å². The predicted molar refractivity (Wildman–Crippen MR) is 89.4 cm³/mol. The van der Waals surface area contributed by atoms with Crippen LogP contribution in [0.5, 0.6) is 0 Å². The van der Waals surface area contributed by atoms with Crippen molar-refractivity contribution in [2.24, 2.45) is 11.8 Å². The van der Waals surface area contributed by atoms with E-state index < -0.39 is 5.79 Å². The lowest BCUT2D eigenvalue weighted by Gasteiger charge is -2.40. The quantitative estimate of drug-likeness (QED) is 0.595. The maximum atomic E-state index is 6.67. The third-order valence-corrected chi connectivity index (χ3v) is 5.54. The molecule has 2 rings (SSSR count). The summed E-state index contributed by atoms with van der Waals surface area (Å²) in [6.45, 7) is 11.1. The number of ether oxygens (including phenoxy) is 1. The first-order chi connectivity index (χ1) is 10.4. The largest absolute Gasteiger partial charge is 0.344 e. The van der Waals surface area contributed by atoms with E-state index in [0.29, 0.717) is 5.92 Å². The molecule has 0 bridgehead atoms. The number of fused-ring (bicyclic) bond motifs is 1. The molecule has 0 spiro atoms. The van der Waals surface area contributed by atoms with Gasteiger partial charge in [-0.25, -0.2) is 9.78 Å². The molecule has 0 amide bonds. The van der Waals surface area contributed by atoms with Crippen LogP contribution in [0.15, 0.2) is 0 Å². The van der Waals surface area contributed by atoms with Crippen LogP contribution in [0.3, 0.4) is 0 Å². The molecule has 130 valence electrons. The highest BCUT2D eigenvalue weighted by atomic mass is 17.2. The maximum absolute atomic E-state index is 6.67. The minimum absolute atomic E-state index is 0.259. The Bertz CT molecular complexity index is 332. The monoisotopic (exact) mass is 312 g/mol. The fourth-order valence-electron chi connectivity index (χ4n) is 4.01. The van der Waals surface area contributed by atoms with E-state index in [1.54, 1.807) is 0 Å². The van der Waals surface area contributed by atoms with Crippen molar-refractivity contribution in [2.75, 3.05) is 0 Å². The first kappa shape index (κ1) is 18.2. The lowest BCUT2D eigenvalue weighted by atomic mass is 9.73. The predicted octanol–water partition coefficient (Wildman–Crippen LogP) is 5.62. The Kier molecular flexibility index (Phi) is 6.32. The normalized spacial score (nSPS) is 34.0. The van der Waals surface area contributed by atoms with Crippen LogP contribution in [-0.4, -0.2) is 17.5 Å². The van der Waals surface area contributed by atoms with E-state index in [4.69, 9.17) is 14.5 Å². The number of rotatable bonds is 6. The summed E-state index contributed by atoms with van der Waals surface area (Å²) in [6.07, 6.45) is 10.3. The highest BCUT2D eigenvalue weighted by molar-refractivity contribution is 4.92. The van der Waals surface area contributed by atoms with Crippen LogP contribution in [0.4, 0.5) is 0 Å². The van der Waals surface area contributed by atoms with Crippen molar-refractivity contribution in [3.05, 3.63) is 0 Å². The lowest BCUT2D eigenvalue weighted by molar-refractivity contribution is -0.451. The third-order valence-electron chi connectivity index (χ3n) is 5.54. The molecule has 3 heteroatoms. The van der Waals surface area contributed by atoms with Crippen LogP contribution in [0.2, 0.25) is 0 Å². The summed E-state index contributed by atoms with van der Waals surface area (Å²) in [7, 11) is 0. The van der Waals surface area contributed by atoms with Crippen LogP contribution in [0.25, 0.3) is 0 Å². The maximum Gasteiger partial charge on any atom is 0.201 e. The van der Waals surface area contributed by atoms with Gasteiger partial charge in [0.1, 0.15) is 5.60 Å². The van der Waals surface area contributed by atoms with Gasteiger partial charge in [0.2, 0.25) is 5.79 Å². The van der Waals surface area contributed by atoms with Gasteiger partial charge < -0.3 is 4.74 Å². The molecule has 1 aliphatic heterocycles. The topological polar surface area (TPSA) is 27.7 Å². The van der Waals surface area contributed by atoms with Gasteiger partial charge >= 0.3 is 0 Å². The molecular weight excluding hydrogens is 276 g/mol. The summed E-state index contributed by atoms with van der Waals surface area (Å²) in [6, 6.07) is 0. The van der Waals surface area contributed by atoms with Gasteiger partial charge in [0, 0.05) is 18.8 Å². The molecule has 22 heavy (non-hydrogen) atoms. The van der Waals surface area contributed by atoms with Gasteiger partial charge in [-0.3, -0.25) is 0 Å². The molecule has 1 aliphatic carbocycles. The molecule has 2 aliphatic rings. The summed E-state index contributed by atoms with van der Waals surface area (Å²) >= 11 is 0. The molecule has 3 nitrogen and oxygen atoms in total. The Morgan fingerprint density at radius 3 is 2.18 bits per heavy atom. The summed E-state index contributed by atoms with van der Waals surface area (Å²) < 4.78 is 6.67. The first-order valence-electron chi connectivity index (χ1n) is 9.47. The van der Waals surface area contributed by atoms with Gasteiger partial charge in [-0.2, -0.15) is 0 Å². The van der Waals surface area contributed by atoms with Crippen LogP contribution >= 0.6 is 0 Å². The minimum atomic E-state index is -0.528. The van der Waals surface area contributed by atoms with E-state index >= 15 is 0 Å². The molecule has 1 saturated carbocycles. The van der Waals surface area contributed by atoms with Crippen molar-refractivity contribution in [1.29, 1.82) is 0 Å². The van der Waals surface area contributed by atoms with Gasteiger partial charge in [0.05, 0.1) is 6.10 Å². The van der Waals surface area contributed by atoms with Crippen LogP contribution in [0, 0.1) is 11.8 Å². The molecule has 3 atom stereocenters. The third kappa shape index (κ3) is 4.24. The molecular formula is C19H36O3. The Hall–Kier alpha value is -0.120. The Morgan fingerprint density at radius 1 is 0.955 bits per heavy atom. The zero-order valence-electron chi connectivity index (χ0n) is 15.3. The smallest absolute Gasteiger partial charge is 0.201 e.